The van der Waals surface area contributed by atoms with Crippen LogP contribution < -0.4 is 5.32 Å². The number of hydrogen-bond acceptors (Lipinski definition) is 2. The Hall–Kier alpha value is -1.81. The zero-order chi connectivity index (χ0) is 11.5. The topological polar surface area (TPSA) is 46.9 Å². The van der Waals surface area contributed by atoms with Crippen molar-refractivity contribution in [3.8, 4) is 0 Å². The van der Waals surface area contributed by atoms with Crippen LogP contribution in [-0.2, 0) is 7.05 Å². The van der Waals surface area contributed by atoms with E-state index in [9.17, 15) is 4.79 Å². The van der Waals surface area contributed by atoms with E-state index in [1.54, 1.807) is 30.1 Å². The summed E-state index contributed by atoms with van der Waals surface area (Å²) in [6.07, 6.45) is 3.15. The Kier molecular flexibility index (Phi) is 2.92. The van der Waals surface area contributed by atoms with E-state index in [1.807, 2.05) is 12.1 Å². The molecule has 1 amide bonds. The van der Waals surface area contributed by atoms with Gasteiger partial charge in [-0.1, -0.05) is 23.7 Å². The molecule has 5 heteroatoms. The third-order valence-electron chi connectivity index (χ3n) is 2.09. The number of rotatable bonds is 2. The highest BCUT2D eigenvalue weighted by Crippen LogP contribution is 2.20. The minimum Gasteiger partial charge on any atom is -0.321 e. The Morgan fingerprint density at radius 3 is 2.81 bits per heavy atom. The Labute approximate surface area is 97.8 Å². The fraction of sp³-hybridized carbons (Fsp3) is 0.0909. The van der Waals surface area contributed by atoms with Crippen LogP contribution in [0.15, 0.2) is 36.7 Å². The van der Waals surface area contributed by atoms with Crippen molar-refractivity contribution in [3.05, 3.63) is 47.2 Å². The molecule has 0 fully saturated rings. The molecule has 0 unspecified atom stereocenters. The van der Waals surface area contributed by atoms with Crippen LogP contribution in [0.5, 0.6) is 0 Å². The minimum atomic E-state index is -0.221. The molecule has 2 aromatic rings. The fourth-order valence-electron chi connectivity index (χ4n) is 1.30. The summed E-state index contributed by atoms with van der Waals surface area (Å²) in [7, 11) is 1.76. The summed E-state index contributed by atoms with van der Waals surface area (Å²) < 4.78 is 1.57. The summed E-state index contributed by atoms with van der Waals surface area (Å²) in [6.45, 7) is 0. The smallest absolute Gasteiger partial charge is 0.258 e. The van der Waals surface area contributed by atoms with Gasteiger partial charge >= 0.3 is 0 Å². The molecule has 0 aliphatic carbocycles. The van der Waals surface area contributed by atoms with Crippen LogP contribution in [0.2, 0.25) is 5.02 Å². The summed E-state index contributed by atoms with van der Waals surface area (Å²) in [5.41, 5.74) is 1.10. The van der Waals surface area contributed by atoms with E-state index in [1.165, 1.54) is 6.20 Å². The second-order valence-electron chi connectivity index (χ2n) is 3.34. The average molecular weight is 236 g/mol. The van der Waals surface area contributed by atoms with Gasteiger partial charge in [-0.3, -0.25) is 9.48 Å². The van der Waals surface area contributed by atoms with Crippen molar-refractivity contribution in [3.63, 3.8) is 0 Å². The molecule has 1 aromatic carbocycles. The number of anilines is 1. The van der Waals surface area contributed by atoms with E-state index >= 15 is 0 Å². The molecule has 0 aliphatic rings. The Morgan fingerprint density at radius 2 is 2.19 bits per heavy atom. The van der Waals surface area contributed by atoms with Gasteiger partial charge in [0.2, 0.25) is 0 Å². The van der Waals surface area contributed by atoms with Crippen molar-refractivity contribution < 1.29 is 4.79 Å². The lowest BCUT2D eigenvalue weighted by molar-refractivity contribution is 0.102. The molecule has 0 atom stereocenters. The second kappa shape index (κ2) is 4.37. The van der Waals surface area contributed by atoms with Gasteiger partial charge in [-0.15, -0.1) is 0 Å². The molecule has 0 aliphatic heterocycles. The first-order chi connectivity index (χ1) is 7.66. The van der Waals surface area contributed by atoms with Crippen molar-refractivity contribution in [2.75, 3.05) is 5.32 Å². The third-order valence-corrected chi connectivity index (χ3v) is 2.42. The highest BCUT2D eigenvalue weighted by atomic mass is 35.5. The molecular formula is C11H10ClN3O. The monoisotopic (exact) mass is 235 g/mol. The Morgan fingerprint density at radius 1 is 1.44 bits per heavy atom. The first-order valence-electron chi connectivity index (χ1n) is 4.71. The zero-order valence-corrected chi connectivity index (χ0v) is 9.40. The summed E-state index contributed by atoms with van der Waals surface area (Å²) >= 11 is 5.93. The molecule has 0 spiro atoms. The van der Waals surface area contributed by atoms with Crippen molar-refractivity contribution in [1.29, 1.82) is 0 Å². The lowest BCUT2D eigenvalue weighted by Gasteiger charge is -2.04. The summed E-state index contributed by atoms with van der Waals surface area (Å²) in [5, 5.41) is 7.15. The van der Waals surface area contributed by atoms with Crippen LogP contribution in [-0.4, -0.2) is 15.7 Å². The number of carbonyl (C=O) groups excluding carboxylic acids is 1. The number of nitrogens with zero attached hydrogens (tertiary/aromatic N) is 2. The predicted octanol–water partition coefficient (Wildman–Crippen LogP) is 2.33. The molecule has 1 aromatic heterocycles. The number of aryl methyl sites for hydroxylation is 1. The predicted molar refractivity (Wildman–Crippen MR) is 62.6 cm³/mol. The van der Waals surface area contributed by atoms with Crippen LogP contribution in [0.4, 0.5) is 5.69 Å². The van der Waals surface area contributed by atoms with Crippen LogP contribution in [0.1, 0.15) is 10.4 Å². The van der Waals surface area contributed by atoms with E-state index in [4.69, 9.17) is 11.6 Å². The van der Waals surface area contributed by atoms with Gasteiger partial charge < -0.3 is 5.32 Å². The molecule has 0 bridgehead atoms. The highest BCUT2D eigenvalue weighted by molar-refractivity contribution is 6.33. The lowest BCUT2D eigenvalue weighted by Crippen LogP contribution is -2.11. The molecule has 1 N–H and O–H groups in total. The molecule has 4 nitrogen and oxygen atoms in total. The maximum absolute atomic E-state index is 11.8. The molecule has 2 rings (SSSR count). The van der Waals surface area contributed by atoms with E-state index in [2.05, 4.69) is 10.4 Å². The normalized spacial score (nSPS) is 10.1. The first kappa shape index (κ1) is 10.7. The number of para-hydroxylation sites is 1. The molecule has 82 valence electrons. The summed E-state index contributed by atoms with van der Waals surface area (Å²) in [4.78, 5) is 11.8. The van der Waals surface area contributed by atoms with E-state index in [0.29, 0.717) is 16.3 Å². The Bertz CT molecular complexity index is 521. The molecule has 0 radical (unpaired) electrons. The molecule has 0 saturated carbocycles. The van der Waals surface area contributed by atoms with Crippen molar-refractivity contribution in [1.82, 2.24) is 9.78 Å². The van der Waals surface area contributed by atoms with Gasteiger partial charge in [0, 0.05) is 13.2 Å². The first-order valence-corrected chi connectivity index (χ1v) is 5.09. The number of aromatic nitrogens is 2. The minimum absolute atomic E-state index is 0.221. The van der Waals surface area contributed by atoms with Crippen LogP contribution >= 0.6 is 11.6 Å². The number of carbonyl (C=O) groups is 1. The lowest BCUT2D eigenvalue weighted by atomic mass is 10.3. The number of benzene rings is 1. The van der Waals surface area contributed by atoms with Gasteiger partial charge in [0.15, 0.2) is 0 Å². The largest absolute Gasteiger partial charge is 0.321 e. The van der Waals surface area contributed by atoms with Crippen LogP contribution in [0.3, 0.4) is 0 Å². The molecule has 0 saturated heterocycles. The quantitative estimate of drug-likeness (QED) is 0.869. The third kappa shape index (κ3) is 2.23. The molecular weight excluding hydrogens is 226 g/mol. The molecule has 1 heterocycles. The maximum Gasteiger partial charge on any atom is 0.258 e. The number of halogens is 1. The van der Waals surface area contributed by atoms with E-state index in [-0.39, 0.29) is 5.91 Å². The SMILES string of the molecule is Cn1cc(C(=O)Nc2ccccc2Cl)cn1. The fourth-order valence-corrected chi connectivity index (χ4v) is 1.48. The highest BCUT2D eigenvalue weighted by Gasteiger charge is 2.09. The number of nitrogens with one attached hydrogen (secondary N) is 1. The van der Waals surface area contributed by atoms with Crippen molar-refractivity contribution >= 4 is 23.2 Å². The van der Waals surface area contributed by atoms with Crippen LogP contribution in [0.25, 0.3) is 0 Å². The summed E-state index contributed by atoms with van der Waals surface area (Å²) in [6, 6.07) is 7.09. The maximum atomic E-state index is 11.8. The van der Waals surface area contributed by atoms with Gasteiger partial charge in [-0.2, -0.15) is 5.10 Å². The Balaban J connectivity index is 2.17. The van der Waals surface area contributed by atoms with Crippen molar-refractivity contribution in [2.45, 2.75) is 0 Å². The summed E-state index contributed by atoms with van der Waals surface area (Å²) in [5.74, 6) is -0.221. The van der Waals surface area contributed by atoms with Crippen molar-refractivity contribution in [2.24, 2.45) is 7.05 Å². The average Bonchev–Trinajstić information content (AvgIpc) is 2.68. The number of hydrogen-bond donors (Lipinski definition) is 1. The van der Waals surface area contributed by atoms with Gasteiger partial charge in [-0.25, -0.2) is 0 Å². The molecule has 16 heavy (non-hydrogen) atoms. The van der Waals surface area contributed by atoms with E-state index in [0.717, 1.165) is 0 Å². The standard InChI is InChI=1S/C11H10ClN3O/c1-15-7-8(6-13-15)11(16)14-10-5-3-2-4-9(10)12/h2-7H,1H3,(H,14,16). The second-order valence-corrected chi connectivity index (χ2v) is 3.74. The zero-order valence-electron chi connectivity index (χ0n) is 8.64. The van der Waals surface area contributed by atoms with Gasteiger partial charge in [0.05, 0.1) is 22.5 Å². The van der Waals surface area contributed by atoms with E-state index < -0.39 is 0 Å². The number of amides is 1. The van der Waals surface area contributed by atoms with Crippen LogP contribution in [0, 0.1) is 0 Å². The van der Waals surface area contributed by atoms with Gasteiger partial charge in [0.25, 0.3) is 5.91 Å². The van der Waals surface area contributed by atoms with Gasteiger partial charge in [0.1, 0.15) is 0 Å². The van der Waals surface area contributed by atoms with Gasteiger partial charge in [-0.05, 0) is 12.1 Å².